The predicted molar refractivity (Wildman–Crippen MR) is 190 cm³/mol. The SMILES string of the molecule is CCn1c2cc(Cc3cccc4c5c6c(ccc5n(CC)c34)Cc3ccccc3-6)ccc2c2c3c(ccc21)Cc1ccccc1-3. The zero-order chi connectivity index (χ0) is 29.8. The summed E-state index contributed by atoms with van der Waals surface area (Å²) in [5, 5.41) is 5.60. The molecule has 10 rings (SSSR count). The third kappa shape index (κ3) is 3.35. The van der Waals surface area contributed by atoms with Gasteiger partial charge < -0.3 is 9.13 Å². The standard InChI is InChI=1S/C43H34N2/c1-3-44-36-20-17-29-24-27-10-5-7-13-32(27)39(29)41(36)34-19-16-26(23-38(34)44)22-31-12-9-15-35-42-37(45(4-2)43(31)35)21-18-30-25-28-11-6-8-14-33(28)40(30)42/h5-21,23H,3-4,22,24-25H2,1-2H3. The third-order valence-electron chi connectivity index (χ3n) is 10.8. The molecule has 2 heterocycles. The highest BCUT2D eigenvalue weighted by Crippen LogP contribution is 2.47. The van der Waals surface area contributed by atoms with Crippen molar-refractivity contribution in [2.75, 3.05) is 0 Å². The van der Waals surface area contributed by atoms with E-state index in [1.807, 2.05) is 0 Å². The van der Waals surface area contributed by atoms with Crippen molar-refractivity contribution in [3.05, 3.63) is 143 Å². The number of para-hydroxylation sites is 1. The molecule has 0 unspecified atom stereocenters. The number of rotatable bonds is 4. The van der Waals surface area contributed by atoms with Crippen LogP contribution in [0.4, 0.5) is 0 Å². The molecule has 0 fully saturated rings. The lowest BCUT2D eigenvalue weighted by Crippen LogP contribution is -1.99. The zero-order valence-corrected chi connectivity index (χ0v) is 25.8. The minimum Gasteiger partial charge on any atom is -0.341 e. The number of benzene rings is 6. The Morgan fingerprint density at radius 2 is 1.13 bits per heavy atom. The molecule has 2 aliphatic carbocycles. The van der Waals surface area contributed by atoms with Gasteiger partial charge in [-0.2, -0.15) is 0 Å². The molecule has 0 amide bonds. The summed E-state index contributed by atoms with van der Waals surface area (Å²) in [5.41, 5.74) is 19.7. The van der Waals surface area contributed by atoms with Gasteiger partial charge in [-0.1, -0.05) is 91.0 Å². The molecule has 45 heavy (non-hydrogen) atoms. The summed E-state index contributed by atoms with van der Waals surface area (Å²) in [5.74, 6) is 0. The fourth-order valence-corrected chi connectivity index (χ4v) is 8.94. The van der Waals surface area contributed by atoms with Crippen molar-refractivity contribution >= 4 is 43.6 Å². The Morgan fingerprint density at radius 3 is 1.80 bits per heavy atom. The topological polar surface area (TPSA) is 9.86 Å². The lowest BCUT2D eigenvalue weighted by molar-refractivity contribution is 0.822. The maximum atomic E-state index is 2.56. The number of aromatic nitrogens is 2. The first-order valence-corrected chi connectivity index (χ1v) is 16.5. The van der Waals surface area contributed by atoms with E-state index in [-0.39, 0.29) is 0 Å². The monoisotopic (exact) mass is 578 g/mol. The van der Waals surface area contributed by atoms with E-state index in [2.05, 4.69) is 132 Å². The quantitative estimate of drug-likeness (QED) is 0.197. The molecule has 2 nitrogen and oxygen atoms in total. The molecule has 0 radical (unpaired) electrons. The molecule has 0 saturated heterocycles. The fraction of sp³-hybridized carbons (Fsp3) is 0.163. The van der Waals surface area contributed by atoms with E-state index in [9.17, 15) is 0 Å². The minimum absolute atomic E-state index is 0.911. The van der Waals surface area contributed by atoms with Gasteiger partial charge in [0.15, 0.2) is 0 Å². The van der Waals surface area contributed by atoms with Crippen LogP contribution in [0, 0.1) is 0 Å². The molecule has 216 valence electrons. The van der Waals surface area contributed by atoms with Gasteiger partial charge in [0.2, 0.25) is 0 Å². The second-order valence-corrected chi connectivity index (χ2v) is 13.0. The number of hydrogen-bond acceptors (Lipinski definition) is 0. The van der Waals surface area contributed by atoms with Crippen LogP contribution in [0.25, 0.3) is 65.9 Å². The lowest BCUT2D eigenvalue weighted by atomic mass is 9.96. The van der Waals surface area contributed by atoms with E-state index in [1.54, 1.807) is 0 Å². The first-order valence-electron chi connectivity index (χ1n) is 16.5. The Morgan fingerprint density at radius 1 is 0.511 bits per heavy atom. The third-order valence-corrected chi connectivity index (χ3v) is 10.8. The predicted octanol–water partition coefficient (Wildman–Crippen LogP) is 10.7. The van der Waals surface area contributed by atoms with Crippen molar-refractivity contribution in [3.63, 3.8) is 0 Å². The Kier molecular flexibility index (Phi) is 5.18. The van der Waals surface area contributed by atoms with Gasteiger partial charge in [0.25, 0.3) is 0 Å². The Balaban J connectivity index is 1.16. The van der Waals surface area contributed by atoms with Crippen molar-refractivity contribution in [2.45, 2.75) is 46.2 Å². The Hall–Kier alpha value is -5.08. The molecule has 0 atom stereocenters. The summed E-state index contributed by atoms with van der Waals surface area (Å²) in [6, 6.07) is 41.6. The second kappa shape index (κ2) is 9.22. The van der Waals surface area contributed by atoms with Gasteiger partial charge in [-0.3, -0.25) is 0 Å². The van der Waals surface area contributed by atoms with E-state index in [4.69, 9.17) is 0 Å². The number of fused-ring (bicyclic) bond motifs is 14. The van der Waals surface area contributed by atoms with Crippen LogP contribution in [0.1, 0.15) is 47.2 Å². The molecule has 2 aromatic heterocycles. The maximum absolute atomic E-state index is 2.56. The Bertz CT molecular complexity index is 2540. The van der Waals surface area contributed by atoms with Gasteiger partial charge in [-0.25, -0.2) is 0 Å². The van der Waals surface area contributed by atoms with E-state index in [1.165, 1.54) is 99.2 Å². The summed E-state index contributed by atoms with van der Waals surface area (Å²) >= 11 is 0. The molecule has 0 aliphatic heterocycles. The second-order valence-electron chi connectivity index (χ2n) is 13.0. The smallest absolute Gasteiger partial charge is 0.0527 e. The van der Waals surface area contributed by atoms with Crippen LogP contribution >= 0.6 is 0 Å². The molecule has 8 aromatic rings. The van der Waals surface area contributed by atoms with Crippen LogP contribution in [0.3, 0.4) is 0 Å². The molecular weight excluding hydrogens is 544 g/mol. The average Bonchev–Trinajstić information content (AvgIpc) is 3.81. The van der Waals surface area contributed by atoms with Gasteiger partial charge in [-0.15, -0.1) is 0 Å². The number of nitrogens with zero attached hydrogens (tertiary/aromatic N) is 2. The van der Waals surface area contributed by atoms with Crippen LogP contribution in [0.15, 0.2) is 109 Å². The van der Waals surface area contributed by atoms with Crippen LogP contribution in [-0.2, 0) is 32.4 Å². The van der Waals surface area contributed by atoms with Crippen molar-refractivity contribution in [2.24, 2.45) is 0 Å². The van der Waals surface area contributed by atoms with Crippen molar-refractivity contribution in [1.29, 1.82) is 0 Å². The van der Waals surface area contributed by atoms with E-state index >= 15 is 0 Å². The highest BCUT2D eigenvalue weighted by Gasteiger charge is 2.26. The lowest BCUT2D eigenvalue weighted by Gasteiger charge is -2.10. The van der Waals surface area contributed by atoms with Crippen LogP contribution in [0.5, 0.6) is 0 Å². The van der Waals surface area contributed by atoms with E-state index in [0.29, 0.717) is 0 Å². The van der Waals surface area contributed by atoms with Gasteiger partial charge in [0.05, 0.1) is 5.52 Å². The average molecular weight is 579 g/mol. The molecule has 0 saturated carbocycles. The van der Waals surface area contributed by atoms with Gasteiger partial charge >= 0.3 is 0 Å². The summed E-state index contributed by atoms with van der Waals surface area (Å²) in [6.45, 7) is 6.48. The molecule has 6 aromatic carbocycles. The van der Waals surface area contributed by atoms with Crippen molar-refractivity contribution in [1.82, 2.24) is 9.13 Å². The summed E-state index contributed by atoms with van der Waals surface area (Å²) in [6.07, 6.45) is 2.97. The van der Waals surface area contributed by atoms with Crippen molar-refractivity contribution < 1.29 is 0 Å². The molecule has 2 aliphatic rings. The van der Waals surface area contributed by atoms with Crippen LogP contribution in [-0.4, -0.2) is 9.13 Å². The Labute approximate surface area is 263 Å². The summed E-state index contributed by atoms with van der Waals surface area (Å²) in [7, 11) is 0. The van der Waals surface area contributed by atoms with E-state index in [0.717, 1.165) is 32.4 Å². The van der Waals surface area contributed by atoms with Crippen LogP contribution in [0.2, 0.25) is 0 Å². The van der Waals surface area contributed by atoms with Gasteiger partial charge in [0, 0.05) is 51.2 Å². The first kappa shape index (κ1) is 25.3. The highest BCUT2D eigenvalue weighted by atomic mass is 15.0. The minimum atomic E-state index is 0.911. The maximum Gasteiger partial charge on any atom is 0.0527 e. The van der Waals surface area contributed by atoms with Crippen LogP contribution < -0.4 is 0 Å². The first-order chi connectivity index (χ1) is 22.2. The molecule has 0 N–H and O–H groups in total. The highest BCUT2D eigenvalue weighted by molar-refractivity contribution is 6.18. The van der Waals surface area contributed by atoms with Gasteiger partial charge in [0.1, 0.15) is 0 Å². The molecular formula is C43H34N2. The van der Waals surface area contributed by atoms with Gasteiger partial charge in [-0.05, 0) is 107 Å². The zero-order valence-electron chi connectivity index (χ0n) is 25.8. The number of aryl methyl sites for hydroxylation is 2. The normalized spacial score (nSPS) is 13.2. The molecule has 0 bridgehead atoms. The van der Waals surface area contributed by atoms with Crippen molar-refractivity contribution in [3.8, 4) is 22.3 Å². The summed E-state index contributed by atoms with van der Waals surface area (Å²) < 4.78 is 5.09. The summed E-state index contributed by atoms with van der Waals surface area (Å²) in [4.78, 5) is 0. The molecule has 0 spiro atoms. The number of hydrogen-bond donors (Lipinski definition) is 0. The largest absolute Gasteiger partial charge is 0.341 e. The molecule has 2 heteroatoms. The fourth-order valence-electron chi connectivity index (χ4n) is 8.94. The van der Waals surface area contributed by atoms with E-state index < -0.39 is 0 Å².